The molecular formula is C13H16ClNO3. The van der Waals surface area contributed by atoms with Crippen molar-refractivity contribution in [3.8, 4) is 5.75 Å². The van der Waals surface area contributed by atoms with Crippen LogP contribution in [0.15, 0.2) is 24.3 Å². The van der Waals surface area contributed by atoms with Crippen LogP contribution in [0.2, 0.25) is 5.02 Å². The molecule has 0 unspecified atom stereocenters. The third-order valence-corrected chi connectivity index (χ3v) is 3.25. The van der Waals surface area contributed by atoms with Crippen molar-refractivity contribution in [2.75, 3.05) is 19.7 Å². The molecule has 1 N–H and O–H groups in total. The highest BCUT2D eigenvalue weighted by Crippen LogP contribution is 2.16. The lowest BCUT2D eigenvalue weighted by Crippen LogP contribution is -2.42. The summed E-state index contributed by atoms with van der Waals surface area (Å²) in [5.74, 6) is 0.585. The quantitative estimate of drug-likeness (QED) is 0.909. The number of carbonyl (C=O) groups is 1. The maximum atomic E-state index is 11.8. The van der Waals surface area contributed by atoms with Crippen molar-refractivity contribution in [3.05, 3.63) is 29.3 Å². The van der Waals surface area contributed by atoms with E-state index in [-0.39, 0.29) is 18.6 Å². The van der Waals surface area contributed by atoms with Gasteiger partial charge in [-0.3, -0.25) is 4.79 Å². The number of hydrogen-bond acceptors (Lipinski definition) is 3. The lowest BCUT2D eigenvalue weighted by Gasteiger charge is -2.29. The molecule has 0 saturated carbocycles. The lowest BCUT2D eigenvalue weighted by molar-refractivity contribution is -0.135. The van der Waals surface area contributed by atoms with Gasteiger partial charge in [-0.15, -0.1) is 0 Å². The minimum atomic E-state index is -0.272. The number of aliphatic hydroxyl groups is 1. The summed E-state index contributed by atoms with van der Waals surface area (Å²) in [7, 11) is 0. The number of carbonyl (C=O) groups excluding carboxylic acids is 1. The minimum absolute atomic E-state index is 0.0255. The number of hydrogen-bond donors (Lipinski definition) is 1. The van der Waals surface area contributed by atoms with Crippen molar-refractivity contribution < 1.29 is 14.6 Å². The Hall–Kier alpha value is -1.26. The summed E-state index contributed by atoms with van der Waals surface area (Å²) in [6, 6.07) is 6.91. The van der Waals surface area contributed by atoms with Crippen LogP contribution in [-0.2, 0) is 4.79 Å². The van der Waals surface area contributed by atoms with Gasteiger partial charge in [-0.2, -0.15) is 0 Å². The summed E-state index contributed by atoms with van der Waals surface area (Å²) >= 11 is 5.76. The summed E-state index contributed by atoms with van der Waals surface area (Å²) in [5.41, 5.74) is 0. The first-order valence-corrected chi connectivity index (χ1v) is 6.37. The molecule has 1 amide bonds. The molecule has 5 heteroatoms. The van der Waals surface area contributed by atoms with E-state index in [1.54, 1.807) is 29.2 Å². The molecule has 0 spiro atoms. The predicted molar refractivity (Wildman–Crippen MR) is 68.8 cm³/mol. The number of likely N-dealkylation sites (tertiary alicyclic amines) is 1. The highest BCUT2D eigenvalue weighted by atomic mass is 35.5. The van der Waals surface area contributed by atoms with Gasteiger partial charge in [0.05, 0.1) is 6.10 Å². The molecule has 1 heterocycles. The first-order chi connectivity index (χ1) is 8.65. The van der Waals surface area contributed by atoms with E-state index in [4.69, 9.17) is 16.3 Å². The maximum Gasteiger partial charge on any atom is 0.260 e. The second-order valence-electron chi connectivity index (χ2n) is 4.35. The highest BCUT2D eigenvalue weighted by Gasteiger charge is 2.21. The van der Waals surface area contributed by atoms with E-state index in [1.165, 1.54) is 0 Å². The monoisotopic (exact) mass is 269 g/mol. The average Bonchev–Trinajstić information content (AvgIpc) is 2.38. The molecule has 0 atom stereocenters. The van der Waals surface area contributed by atoms with Crippen LogP contribution in [0.5, 0.6) is 5.75 Å². The fourth-order valence-corrected chi connectivity index (χ4v) is 2.01. The number of benzene rings is 1. The van der Waals surface area contributed by atoms with Gasteiger partial charge in [0.1, 0.15) is 5.75 Å². The zero-order valence-corrected chi connectivity index (χ0v) is 10.8. The molecule has 1 aliphatic rings. The Bertz CT molecular complexity index is 399. The Morgan fingerprint density at radius 1 is 1.33 bits per heavy atom. The van der Waals surface area contributed by atoms with Crippen molar-refractivity contribution in [2.45, 2.75) is 18.9 Å². The van der Waals surface area contributed by atoms with E-state index in [0.29, 0.717) is 36.7 Å². The molecule has 1 saturated heterocycles. The van der Waals surface area contributed by atoms with Crippen LogP contribution < -0.4 is 4.74 Å². The van der Waals surface area contributed by atoms with Crippen LogP contribution in [-0.4, -0.2) is 41.7 Å². The molecule has 98 valence electrons. The van der Waals surface area contributed by atoms with Gasteiger partial charge in [0, 0.05) is 18.1 Å². The third kappa shape index (κ3) is 3.62. The largest absolute Gasteiger partial charge is 0.484 e. The normalized spacial score (nSPS) is 16.7. The number of ether oxygens (including phenoxy) is 1. The zero-order chi connectivity index (χ0) is 13.0. The Kier molecular flexibility index (Phi) is 4.44. The van der Waals surface area contributed by atoms with Crippen molar-refractivity contribution in [1.29, 1.82) is 0 Å². The van der Waals surface area contributed by atoms with E-state index in [0.717, 1.165) is 0 Å². The lowest BCUT2D eigenvalue weighted by atomic mass is 10.1. The number of rotatable bonds is 3. The number of halogens is 1. The van der Waals surface area contributed by atoms with E-state index in [2.05, 4.69) is 0 Å². The number of amides is 1. The molecule has 1 fully saturated rings. The van der Waals surface area contributed by atoms with Crippen LogP contribution >= 0.6 is 11.6 Å². The zero-order valence-electron chi connectivity index (χ0n) is 10.0. The number of piperidine rings is 1. The van der Waals surface area contributed by atoms with Crippen LogP contribution in [0.4, 0.5) is 0 Å². The Labute approximate surface area is 111 Å². The van der Waals surface area contributed by atoms with Crippen molar-refractivity contribution >= 4 is 17.5 Å². The summed E-state index contributed by atoms with van der Waals surface area (Å²) < 4.78 is 5.39. The molecule has 0 radical (unpaired) electrons. The van der Waals surface area contributed by atoms with Crippen molar-refractivity contribution in [2.24, 2.45) is 0 Å². The maximum absolute atomic E-state index is 11.8. The molecule has 0 aromatic heterocycles. The molecule has 2 rings (SSSR count). The smallest absolute Gasteiger partial charge is 0.260 e. The molecule has 0 bridgehead atoms. The van der Waals surface area contributed by atoms with Gasteiger partial charge in [-0.05, 0) is 37.1 Å². The first-order valence-electron chi connectivity index (χ1n) is 5.99. The minimum Gasteiger partial charge on any atom is -0.484 e. The predicted octanol–water partition coefficient (Wildman–Crippen LogP) is 1.70. The fraction of sp³-hybridized carbons (Fsp3) is 0.462. The average molecular weight is 270 g/mol. The first kappa shape index (κ1) is 13.2. The molecular weight excluding hydrogens is 254 g/mol. The topological polar surface area (TPSA) is 49.8 Å². The molecule has 1 aromatic rings. The van der Waals surface area contributed by atoms with E-state index in [9.17, 15) is 9.90 Å². The van der Waals surface area contributed by atoms with Gasteiger partial charge in [0.25, 0.3) is 5.91 Å². The molecule has 18 heavy (non-hydrogen) atoms. The molecule has 1 aromatic carbocycles. The van der Waals surface area contributed by atoms with Crippen LogP contribution in [0, 0.1) is 0 Å². The molecule has 0 aliphatic carbocycles. The van der Waals surface area contributed by atoms with E-state index < -0.39 is 0 Å². The highest BCUT2D eigenvalue weighted by molar-refractivity contribution is 6.30. The summed E-state index contributed by atoms with van der Waals surface area (Å²) in [5, 5.41) is 10.00. The van der Waals surface area contributed by atoms with Gasteiger partial charge >= 0.3 is 0 Å². The SMILES string of the molecule is O=C(COc1ccc(Cl)cc1)N1CCC(O)CC1. The van der Waals surface area contributed by atoms with E-state index in [1.807, 2.05) is 0 Å². The second kappa shape index (κ2) is 6.07. The summed E-state index contributed by atoms with van der Waals surface area (Å²) in [6.07, 6.45) is 1.02. The Morgan fingerprint density at radius 3 is 2.56 bits per heavy atom. The van der Waals surface area contributed by atoms with Gasteiger partial charge in [-0.25, -0.2) is 0 Å². The summed E-state index contributed by atoms with van der Waals surface area (Å²) in [4.78, 5) is 13.6. The standard InChI is InChI=1S/C13H16ClNO3/c14-10-1-3-12(4-2-10)18-9-13(17)15-7-5-11(16)6-8-15/h1-4,11,16H,5-9H2. The van der Waals surface area contributed by atoms with Crippen LogP contribution in [0.3, 0.4) is 0 Å². The second-order valence-corrected chi connectivity index (χ2v) is 4.79. The van der Waals surface area contributed by atoms with Crippen LogP contribution in [0.1, 0.15) is 12.8 Å². The fourth-order valence-electron chi connectivity index (χ4n) is 1.88. The number of aliphatic hydroxyl groups excluding tert-OH is 1. The molecule has 1 aliphatic heterocycles. The van der Waals surface area contributed by atoms with Crippen molar-refractivity contribution in [1.82, 2.24) is 4.90 Å². The third-order valence-electron chi connectivity index (χ3n) is 2.99. The van der Waals surface area contributed by atoms with E-state index >= 15 is 0 Å². The Morgan fingerprint density at radius 2 is 1.94 bits per heavy atom. The van der Waals surface area contributed by atoms with Gasteiger partial charge < -0.3 is 14.7 Å². The summed E-state index contributed by atoms with van der Waals surface area (Å²) in [6.45, 7) is 1.23. The molecule has 4 nitrogen and oxygen atoms in total. The van der Waals surface area contributed by atoms with Crippen LogP contribution in [0.25, 0.3) is 0 Å². The number of nitrogens with zero attached hydrogens (tertiary/aromatic N) is 1. The van der Waals surface area contributed by atoms with Gasteiger partial charge in [-0.1, -0.05) is 11.6 Å². The van der Waals surface area contributed by atoms with Crippen molar-refractivity contribution in [3.63, 3.8) is 0 Å². The van der Waals surface area contributed by atoms with Gasteiger partial charge in [0.2, 0.25) is 0 Å². The Balaban J connectivity index is 1.79. The van der Waals surface area contributed by atoms with Gasteiger partial charge in [0.15, 0.2) is 6.61 Å².